The van der Waals surface area contributed by atoms with Crippen LogP contribution in [0.5, 0.6) is 0 Å². The van der Waals surface area contributed by atoms with Gasteiger partial charge in [-0.05, 0) is 51.5 Å². The smallest absolute Gasteiger partial charge is 0.191 e. The first kappa shape index (κ1) is 16.1. The van der Waals surface area contributed by atoms with E-state index in [9.17, 15) is 0 Å². The third kappa shape index (κ3) is 5.23. The van der Waals surface area contributed by atoms with Crippen molar-refractivity contribution in [2.75, 3.05) is 18.8 Å². The van der Waals surface area contributed by atoms with Crippen LogP contribution in [-0.4, -0.2) is 34.5 Å². The summed E-state index contributed by atoms with van der Waals surface area (Å²) in [5, 5.41) is 6.79. The van der Waals surface area contributed by atoms with Gasteiger partial charge in [0, 0.05) is 23.5 Å². The van der Waals surface area contributed by atoms with Crippen LogP contribution >= 0.6 is 11.8 Å². The highest BCUT2D eigenvalue weighted by Crippen LogP contribution is 2.36. The number of guanidine groups is 1. The molecule has 0 spiro atoms. The van der Waals surface area contributed by atoms with Crippen LogP contribution in [0.3, 0.4) is 0 Å². The van der Waals surface area contributed by atoms with Gasteiger partial charge >= 0.3 is 0 Å². The summed E-state index contributed by atoms with van der Waals surface area (Å²) in [5.74, 6) is 2.16. The Kier molecular flexibility index (Phi) is 5.91. The zero-order chi connectivity index (χ0) is 15.1. The molecule has 1 saturated heterocycles. The number of rotatable bonds is 5. The molecule has 1 aromatic heterocycles. The summed E-state index contributed by atoms with van der Waals surface area (Å²) >= 11 is 2.06. The highest BCUT2D eigenvalue weighted by Gasteiger charge is 2.29. The standard InChI is InChI=1S/C16H26N4S/c1-4-17-15(19-12-16(3)9-6-10-21-16)18-11-14-8-5-7-13(2)20-14/h5,7-8H,4,6,9-12H2,1-3H3,(H2,17,18,19). The quantitative estimate of drug-likeness (QED) is 0.649. The molecule has 2 rings (SSSR count). The first-order chi connectivity index (χ1) is 10.1. The summed E-state index contributed by atoms with van der Waals surface area (Å²) in [7, 11) is 0. The van der Waals surface area contributed by atoms with Crippen molar-refractivity contribution in [1.82, 2.24) is 15.6 Å². The third-order valence-corrected chi connectivity index (χ3v) is 5.16. The van der Waals surface area contributed by atoms with E-state index in [0.717, 1.165) is 30.4 Å². The molecule has 0 aromatic carbocycles. The molecular formula is C16H26N4S. The van der Waals surface area contributed by atoms with E-state index in [0.29, 0.717) is 11.3 Å². The Balaban J connectivity index is 1.92. The lowest BCUT2D eigenvalue weighted by atomic mass is 10.1. The number of nitrogens with zero attached hydrogens (tertiary/aromatic N) is 2. The van der Waals surface area contributed by atoms with Crippen molar-refractivity contribution >= 4 is 17.7 Å². The Morgan fingerprint density at radius 1 is 1.43 bits per heavy atom. The number of hydrogen-bond acceptors (Lipinski definition) is 3. The lowest BCUT2D eigenvalue weighted by Gasteiger charge is -2.24. The molecule has 1 unspecified atom stereocenters. The first-order valence-corrected chi connectivity index (χ1v) is 8.68. The lowest BCUT2D eigenvalue weighted by molar-refractivity contribution is 0.584. The molecule has 1 fully saturated rings. The molecular weight excluding hydrogens is 280 g/mol. The molecule has 21 heavy (non-hydrogen) atoms. The average Bonchev–Trinajstić information content (AvgIpc) is 2.89. The van der Waals surface area contributed by atoms with Gasteiger partial charge in [-0.3, -0.25) is 4.98 Å². The highest BCUT2D eigenvalue weighted by atomic mass is 32.2. The molecule has 0 aliphatic carbocycles. The van der Waals surface area contributed by atoms with Crippen molar-refractivity contribution < 1.29 is 0 Å². The molecule has 2 heterocycles. The molecule has 0 amide bonds. The largest absolute Gasteiger partial charge is 0.357 e. The Morgan fingerprint density at radius 3 is 2.95 bits per heavy atom. The SMILES string of the molecule is CCNC(=NCc1cccc(C)n1)NCC1(C)CCCS1. The monoisotopic (exact) mass is 306 g/mol. The molecule has 4 nitrogen and oxygen atoms in total. The number of pyridine rings is 1. The van der Waals surface area contributed by atoms with Crippen molar-refractivity contribution in [3.63, 3.8) is 0 Å². The second kappa shape index (κ2) is 7.69. The van der Waals surface area contributed by atoms with E-state index in [1.165, 1.54) is 18.6 Å². The zero-order valence-electron chi connectivity index (χ0n) is 13.3. The van der Waals surface area contributed by atoms with Gasteiger partial charge < -0.3 is 10.6 Å². The van der Waals surface area contributed by atoms with E-state index in [2.05, 4.69) is 46.2 Å². The van der Waals surface area contributed by atoms with Crippen LogP contribution in [0.25, 0.3) is 0 Å². The zero-order valence-corrected chi connectivity index (χ0v) is 14.1. The second-order valence-corrected chi connectivity index (χ2v) is 7.40. The van der Waals surface area contributed by atoms with Gasteiger partial charge in [-0.15, -0.1) is 0 Å². The third-order valence-electron chi connectivity index (χ3n) is 3.62. The summed E-state index contributed by atoms with van der Waals surface area (Å²) in [5.41, 5.74) is 2.05. The predicted molar refractivity (Wildman–Crippen MR) is 91.9 cm³/mol. The van der Waals surface area contributed by atoms with Crippen LogP contribution in [-0.2, 0) is 6.54 Å². The van der Waals surface area contributed by atoms with Gasteiger partial charge in [0.1, 0.15) is 0 Å². The number of aryl methyl sites for hydroxylation is 1. The predicted octanol–water partition coefficient (Wildman–Crippen LogP) is 2.73. The topological polar surface area (TPSA) is 49.3 Å². The van der Waals surface area contributed by atoms with Gasteiger partial charge in [0.15, 0.2) is 5.96 Å². The fourth-order valence-corrected chi connectivity index (χ4v) is 3.68. The normalized spacial score (nSPS) is 22.3. The molecule has 1 aliphatic heterocycles. The first-order valence-electron chi connectivity index (χ1n) is 7.70. The maximum absolute atomic E-state index is 4.64. The molecule has 116 valence electrons. The van der Waals surface area contributed by atoms with Crippen molar-refractivity contribution in [2.45, 2.75) is 44.9 Å². The number of thioether (sulfide) groups is 1. The minimum absolute atomic E-state index is 0.345. The van der Waals surface area contributed by atoms with Crippen molar-refractivity contribution in [2.24, 2.45) is 4.99 Å². The van der Waals surface area contributed by atoms with Crippen LogP contribution in [0.15, 0.2) is 23.2 Å². The summed E-state index contributed by atoms with van der Waals surface area (Å²) in [6.45, 7) is 8.88. The minimum atomic E-state index is 0.345. The van der Waals surface area contributed by atoms with Crippen LogP contribution in [0.4, 0.5) is 0 Å². The Hall–Kier alpha value is -1.23. The molecule has 1 atom stereocenters. The van der Waals surface area contributed by atoms with Gasteiger partial charge in [-0.1, -0.05) is 6.07 Å². The van der Waals surface area contributed by atoms with E-state index in [1.54, 1.807) is 0 Å². The van der Waals surface area contributed by atoms with E-state index < -0.39 is 0 Å². The fourth-order valence-electron chi connectivity index (χ4n) is 2.44. The number of aliphatic imine (C=N–C) groups is 1. The summed E-state index contributed by atoms with van der Waals surface area (Å²) in [4.78, 5) is 9.13. The Bertz CT molecular complexity index is 481. The van der Waals surface area contributed by atoms with Crippen LogP contribution in [0.2, 0.25) is 0 Å². The lowest BCUT2D eigenvalue weighted by Crippen LogP contribution is -2.43. The molecule has 2 N–H and O–H groups in total. The summed E-state index contributed by atoms with van der Waals surface area (Å²) in [6.07, 6.45) is 2.60. The maximum atomic E-state index is 4.64. The van der Waals surface area contributed by atoms with E-state index in [4.69, 9.17) is 0 Å². The van der Waals surface area contributed by atoms with Crippen molar-refractivity contribution in [1.29, 1.82) is 0 Å². The Morgan fingerprint density at radius 2 is 2.29 bits per heavy atom. The van der Waals surface area contributed by atoms with E-state index >= 15 is 0 Å². The van der Waals surface area contributed by atoms with E-state index in [-0.39, 0.29) is 0 Å². The minimum Gasteiger partial charge on any atom is -0.357 e. The number of nitrogens with one attached hydrogen (secondary N) is 2. The van der Waals surface area contributed by atoms with Crippen LogP contribution in [0, 0.1) is 6.92 Å². The maximum Gasteiger partial charge on any atom is 0.191 e. The second-order valence-electron chi connectivity index (χ2n) is 5.72. The van der Waals surface area contributed by atoms with Gasteiger partial charge in [0.2, 0.25) is 0 Å². The summed E-state index contributed by atoms with van der Waals surface area (Å²) < 4.78 is 0.345. The Labute approximate surface area is 132 Å². The van der Waals surface area contributed by atoms with Crippen LogP contribution < -0.4 is 10.6 Å². The number of aromatic nitrogens is 1. The molecule has 0 radical (unpaired) electrons. The molecule has 1 aromatic rings. The van der Waals surface area contributed by atoms with Gasteiger partial charge in [-0.25, -0.2) is 4.99 Å². The van der Waals surface area contributed by atoms with Gasteiger partial charge in [0.25, 0.3) is 0 Å². The van der Waals surface area contributed by atoms with Gasteiger partial charge in [-0.2, -0.15) is 11.8 Å². The molecule has 1 aliphatic rings. The summed E-state index contributed by atoms with van der Waals surface area (Å²) in [6, 6.07) is 6.06. The average molecular weight is 306 g/mol. The van der Waals surface area contributed by atoms with Gasteiger partial charge in [0.05, 0.1) is 12.2 Å². The molecule has 0 bridgehead atoms. The number of hydrogen-bond donors (Lipinski definition) is 2. The van der Waals surface area contributed by atoms with Crippen molar-refractivity contribution in [3.8, 4) is 0 Å². The van der Waals surface area contributed by atoms with E-state index in [1.807, 2.05) is 25.1 Å². The molecule has 5 heteroatoms. The molecule has 0 saturated carbocycles. The van der Waals surface area contributed by atoms with Crippen LogP contribution in [0.1, 0.15) is 38.1 Å². The highest BCUT2D eigenvalue weighted by molar-refractivity contribution is 8.00. The van der Waals surface area contributed by atoms with Crippen molar-refractivity contribution in [3.05, 3.63) is 29.6 Å². The fraction of sp³-hybridized carbons (Fsp3) is 0.625.